The second-order valence-corrected chi connectivity index (χ2v) is 3.77. The number of rotatable bonds is 8. The molecule has 0 spiro atoms. The highest BCUT2D eigenvalue weighted by Gasteiger charge is 2.12. The van der Waals surface area contributed by atoms with E-state index in [0.717, 1.165) is 0 Å². The summed E-state index contributed by atoms with van der Waals surface area (Å²) >= 11 is 0. The molecule has 1 aromatic heterocycles. The summed E-state index contributed by atoms with van der Waals surface area (Å²) in [6.45, 7) is 2.87. The number of ether oxygens (including phenoxy) is 1. The molecule has 106 valence electrons. The second-order valence-electron chi connectivity index (χ2n) is 3.77. The van der Waals surface area contributed by atoms with Crippen molar-refractivity contribution in [2.75, 3.05) is 26.3 Å². The molecule has 0 radical (unpaired) electrons. The molecule has 2 N–H and O–H groups in total. The van der Waals surface area contributed by atoms with Gasteiger partial charge < -0.3 is 24.5 Å². The molecule has 0 aliphatic rings. The van der Waals surface area contributed by atoms with Crippen LogP contribution in [0.4, 0.5) is 4.79 Å². The van der Waals surface area contributed by atoms with Crippen LogP contribution in [0.1, 0.15) is 12.7 Å². The lowest BCUT2D eigenvalue weighted by Crippen LogP contribution is -2.40. The van der Waals surface area contributed by atoms with Crippen molar-refractivity contribution in [3.63, 3.8) is 0 Å². The molecule has 0 fully saturated rings. The molecule has 19 heavy (non-hydrogen) atoms. The molecule has 0 aliphatic heterocycles. The van der Waals surface area contributed by atoms with E-state index in [1.54, 1.807) is 23.3 Å². The van der Waals surface area contributed by atoms with E-state index < -0.39 is 5.97 Å². The summed E-state index contributed by atoms with van der Waals surface area (Å²) in [5.41, 5.74) is 0. The lowest BCUT2D eigenvalue weighted by Gasteiger charge is -2.20. The van der Waals surface area contributed by atoms with Crippen molar-refractivity contribution in [1.29, 1.82) is 0 Å². The van der Waals surface area contributed by atoms with Gasteiger partial charge in [-0.3, -0.25) is 0 Å². The summed E-state index contributed by atoms with van der Waals surface area (Å²) in [5.74, 6) is -0.321. The van der Waals surface area contributed by atoms with E-state index in [0.29, 0.717) is 18.8 Å². The predicted molar refractivity (Wildman–Crippen MR) is 66.6 cm³/mol. The van der Waals surface area contributed by atoms with Gasteiger partial charge in [-0.1, -0.05) is 0 Å². The van der Waals surface area contributed by atoms with E-state index in [9.17, 15) is 9.59 Å². The van der Waals surface area contributed by atoms with Crippen LogP contribution < -0.4 is 5.32 Å². The van der Waals surface area contributed by atoms with Crippen LogP contribution in [0.5, 0.6) is 0 Å². The van der Waals surface area contributed by atoms with Gasteiger partial charge in [-0.25, -0.2) is 9.59 Å². The number of carboxylic acid groups (broad SMARTS) is 1. The van der Waals surface area contributed by atoms with Gasteiger partial charge in [0.1, 0.15) is 12.4 Å². The maximum absolute atomic E-state index is 11.8. The summed E-state index contributed by atoms with van der Waals surface area (Å²) in [4.78, 5) is 23.6. The molecule has 0 aliphatic carbocycles. The highest BCUT2D eigenvalue weighted by molar-refractivity contribution is 5.74. The third-order valence-electron chi connectivity index (χ3n) is 2.34. The number of carbonyl (C=O) groups is 2. The van der Waals surface area contributed by atoms with Crippen LogP contribution in [0.15, 0.2) is 22.8 Å². The molecule has 0 bridgehead atoms. The Morgan fingerprint density at radius 1 is 1.53 bits per heavy atom. The van der Waals surface area contributed by atoms with Crippen molar-refractivity contribution in [1.82, 2.24) is 10.2 Å². The van der Waals surface area contributed by atoms with Gasteiger partial charge in [0.05, 0.1) is 19.4 Å². The third kappa shape index (κ3) is 5.91. The molecule has 0 atom stereocenters. The number of hydrogen-bond acceptors (Lipinski definition) is 4. The summed E-state index contributed by atoms with van der Waals surface area (Å²) < 4.78 is 9.99. The lowest BCUT2D eigenvalue weighted by molar-refractivity contribution is -0.142. The van der Waals surface area contributed by atoms with Crippen LogP contribution in [-0.4, -0.2) is 48.3 Å². The van der Waals surface area contributed by atoms with E-state index in [2.05, 4.69) is 5.32 Å². The second kappa shape index (κ2) is 8.15. The largest absolute Gasteiger partial charge is 0.480 e. The number of furan rings is 1. The minimum absolute atomic E-state index is 0.163. The molecule has 1 heterocycles. The predicted octanol–water partition coefficient (Wildman–Crippen LogP) is 0.912. The van der Waals surface area contributed by atoms with E-state index in [4.69, 9.17) is 14.3 Å². The number of carboxylic acids is 1. The van der Waals surface area contributed by atoms with Crippen molar-refractivity contribution in [2.24, 2.45) is 0 Å². The molecule has 0 saturated carbocycles. The SMILES string of the molecule is CCN(Cc1ccco1)C(=O)NCCOCC(=O)O. The van der Waals surface area contributed by atoms with Gasteiger partial charge in [0.2, 0.25) is 0 Å². The Hall–Kier alpha value is -2.02. The molecule has 0 saturated heterocycles. The third-order valence-corrected chi connectivity index (χ3v) is 2.34. The lowest BCUT2D eigenvalue weighted by atomic mass is 10.4. The summed E-state index contributed by atoms with van der Waals surface area (Å²) in [6.07, 6.45) is 1.56. The first-order chi connectivity index (χ1) is 9.13. The molecule has 7 heteroatoms. The first-order valence-electron chi connectivity index (χ1n) is 5.98. The Morgan fingerprint density at radius 2 is 2.32 bits per heavy atom. The fourth-order valence-electron chi connectivity index (χ4n) is 1.42. The van der Waals surface area contributed by atoms with Crippen LogP contribution in [0.2, 0.25) is 0 Å². The van der Waals surface area contributed by atoms with Crippen molar-refractivity contribution in [3.05, 3.63) is 24.2 Å². The number of nitrogens with one attached hydrogen (secondary N) is 1. The van der Waals surface area contributed by atoms with Crippen LogP contribution in [-0.2, 0) is 16.1 Å². The van der Waals surface area contributed by atoms with Crippen molar-refractivity contribution >= 4 is 12.0 Å². The Bertz CT molecular complexity index is 391. The summed E-state index contributed by atoms with van der Waals surface area (Å²) in [7, 11) is 0. The number of amides is 2. The van der Waals surface area contributed by atoms with Crippen LogP contribution in [0, 0.1) is 0 Å². The number of carbonyl (C=O) groups excluding carboxylic acids is 1. The van der Waals surface area contributed by atoms with Crippen molar-refractivity contribution in [2.45, 2.75) is 13.5 Å². The number of urea groups is 1. The zero-order valence-corrected chi connectivity index (χ0v) is 10.8. The Kier molecular flexibility index (Phi) is 6.45. The Balaban J connectivity index is 2.24. The molecule has 7 nitrogen and oxygen atoms in total. The van der Waals surface area contributed by atoms with Gasteiger partial charge in [-0.15, -0.1) is 0 Å². The Labute approximate surface area is 111 Å². The van der Waals surface area contributed by atoms with E-state index >= 15 is 0 Å². The van der Waals surface area contributed by atoms with Gasteiger partial charge in [0, 0.05) is 13.1 Å². The van der Waals surface area contributed by atoms with Gasteiger partial charge in [0.25, 0.3) is 0 Å². The standard InChI is InChI=1S/C12H18N2O5/c1-2-14(8-10-4-3-6-19-10)12(17)13-5-7-18-9-11(15)16/h3-4,6H,2,5,7-9H2,1H3,(H,13,17)(H,15,16). The summed E-state index contributed by atoms with van der Waals surface area (Å²) in [5, 5.41) is 11.0. The Morgan fingerprint density at radius 3 is 2.89 bits per heavy atom. The molecular weight excluding hydrogens is 252 g/mol. The highest BCUT2D eigenvalue weighted by Crippen LogP contribution is 2.05. The quantitative estimate of drug-likeness (QED) is 0.685. The van der Waals surface area contributed by atoms with Crippen molar-refractivity contribution in [3.8, 4) is 0 Å². The first kappa shape index (κ1) is 15.0. The van der Waals surface area contributed by atoms with Crippen molar-refractivity contribution < 1.29 is 23.8 Å². The average Bonchev–Trinajstić information content (AvgIpc) is 2.87. The topological polar surface area (TPSA) is 92.0 Å². The van der Waals surface area contributed by atoms with Gasteiger partial charge in [-0.05, 0) is 19.1 Å². The summed E-state index contributed by atoms with van der Waals surface area (Å²) in [6, 6.07) is 3.32. The van der Waals surface area contributed by atoms with Gasteiger partial charge >= 0.3 is 12.0 Å². The fraction of sp³-hybridized carbons (Fsp3) is 0.500. The molecular formula is C12H18N2O5. The average molecular weight is 270 g/mol. The number of hydrogen-bond donors (Lipinski definition) is 2. The number of nitrogens with zero attached hydrogens (tertiary/aromatic N) is 1. The molecule has 0 aromatic carbocycles. The maximum Gasteiger partial charge on any atom is 0.329 e. The van der Waals surface area contributed by atoms with Gasteiger partial charge in [-0.2, -0.15) is 0 Å². The highest BCUT2D eigenvalue weighted by atomic mass is 16.5. The maximum atomic E-state index is 11.8. The monoisotopic (exact) mass is 270 g/mol. The van der Waals surface area contributed by atoms with E-state index in [1.807, 2.05) is 6.92 Å². The first-order valence-corrected chi connectivity index (χ1v) is 5.98. The molecule has 2 amide bonds. The van der Waals surface area contributed by atoms with Crippen LogP contribution in [0.25, 0.3) is 0 Å². The minimum Gasteiger partial charge on any atom is -0.480 e. The number of aliphatic carboxylic acids is 1. The molecule has 0 unspecified atom stereocenters. The van der Waals surface area contributed by atoms with E-state index in [1.165, 1.54) is 0 Å². The van der Waals surface area contributed by atoms with Crippen LogP contribution >= 0.6 is 0 Å². The van der Waals surface area contributed by atoms with Gasteiger partial charge in [0.15, 0.2) is 0 Å². The van der Waals surface area contributed by atoms with Crippen LogP contribution in [0.3, 0.4) is 0 Å². The molecule has 1 rings (SSSR count). The molecule has 1 aromatic rings. The van der Waals surface area contributed by atoms with E-state index in [-0.39, 0.29) is 25.8 Å². The minimum atomic E-state index is -1.03. The zero-order chi connectivity index (χ0) is 14.1. The smallest absolute Gasteiger partial charge is 0.329 e. The zero-order valence-electron chi connectivity index (χ0n) is 10.8. The normalized spacial score (nSPS) is 10.2. The fourth-order valence-corrected chi connectivity index (χ4v) is 1.42.